The highest BCUT2D eigenvalue weighted by molar-refractivity contribution is 9.09. The Kier molecular flexibility index (Phi) is 4.67. The van der Waals surface area contributed by atoms with Crippen LogP contribution in [0.1, 0.15) is 13.8 Å². The quantitative estimate of drug-likeness (QED) is 0.573. The van der Waals surface area contributed by atoms with Crippen LogP contribution in [0.5, 0.6) is 0 Å². The molecule has 0 amide bonds. The van der Waals surface area contributed by atoms with Crippen LogP contribution < -0.4 is 0 Å². The van der Waals surface area contributed by atoms with Gasteiger partial charge in [-0.3, -0.25) is 9.59 Å². The fourth-order valence-corrected chi connectivity index (χ4v) is 1.92. The Morgan fingerprint density at radius 2 is 2.00 bits per heavy atom. The van der Waals surface area contributed by atoms with E-state index in [0.29, 0.717) is 0 Å². The molecule has 1 unspecified atom stereocenters. The molecule has 5 nitrogen and oxygen atoms in total. The lowest BCUT2D eigenvalue weighted by Gasteiger charge is -2.18. The molecule has 16 heavy (non-hydrogen) atoms. The van der Waals surface area contributed by atoms with Gasteiger partial charge in [-0.25, -0.2) is 4.39 Å². The van der Waals surface area contributed by atoms with E-state index < -0.39 is 35.3 Å². The molecule has 0 aromatic carbocycles. The van der Waals surface area contributed by atoms with Crippen LogP contribution in [0.4, 0.5) is 4.39 Å². The van der Waals surface area contributed by atoms with Gasteiger partial charge in [0.1, 0.15) is 17.7 Å². The maximum absolute atomic E-state index is 13.5. The summed E-state index contributed by atoms with van der Waals surface area (Å²) < 4.78 is 28.1. The Labute approximate surface area is 100 Å². The van der Waals surface area contributed by atoms with Gasteiger partial charge in [-0.15, -0.1) is 0 Å². The molecule has 1 fully saturated rings. The van der Waals surface area contributed by atoms with Crippen molar-refractivity contribution >= 4 is 27.9 Å². The van der Waals surface area contributed by atoms with E-state index >= 15 is 0 Å². The van der Waals surface area contributed by atoms with E-state index in [4.69, 9.17) is 14.2 Å². The molecule has 0 aliphatic carbocycles. The number of carbonyl (C=O) groups excluding carboxylic acids is 2. The third-order valence-corrected chi connectivity index (χ3v) is 2.71. The van der Waals surface area contributed by atoms with Gasteiger partial charge in [0.15, 0.2) is 12.3 Å². The Bertz CT molecular complexity index is 285. The molecule has 1 rings (SSSR count). The van der Waals surface area contributed by atoms with Gasteiger partial charge in [0, 0.05) is 13.8 Å². The summed E-state index contributed by atoms with van der Waals surface area (Å²) in [5.41, 5.74) is 0. The minimum Gasteiger partial charge on any atom is -0.463 e. The zero-order chi connectivity index (χ0) is 12.3. The number of halogens is 2. The van der Waals surface area contributed by atoms with Crippen molar-refractivity contribution in [3.8, 4) is 0 Å². The first-order valence-electron chi connectivity index (χ1n) is 4.66. The van der Waals surface area contributed by atoms with Crippen molar-refractivity contribution in [2.75, 3.05) is 6.61 Å². The van der Waals surface area contributed by atoms with E-state index in [9.17, 15) is 14.0 Å². The molecule has 0 radical (unpaired) electrons. The molecule has 0 spiro atoms. The summed E-state index contributed by atoms with van der Waals surface area (Å²) in [6, 6.07) is 0. The standard InChI is InChI=1S/C9H12BrFO5/c1-4(12)14-3-6-8(15-5(2)13)7(11)9(10)16-6/h6-9H,3H2,1-2H3/t6-,7+,8+,9?/m1/s1. The topological polar surface area (TPSA) is 61.8 Å². The molecule has 1 saturated heterocycles. The molecule has 0 N–H and O–H groups in total. The molecule has 0 aromatic rings. The number of hydrogen-bond donors (Lipinski definition) is 0. The predicted octanol–water partition coefficient (Wildman–Crippen LogP) is 0.939. The second-order valence-corrected chi connectivity index (χ2v) is 4.25. The van der Waals surface area contributed by atoms with Crippen LogP contribution in [0.25, 0.3) is 0 Å². The van der Waals surface area contributed by atoms with Crippen molar-refractivity contribution < 1.29 is 28.2 Å². The average Bonchev–Trinajstić information content (AvgIpc) is 2.42. The number of carbonyl (C=O) groups is 2. The zero-order valence-electron chi connectivity index (χ0n) is 8.81. The highest BCUT2D eigenvalue weighted by atomic mass is 79.9. The predicted molar refractivity (Wildman–Crippen MR) is 54.7 cm³/mol. The first-order chi connectivity index (χ1) is 7.41. The second-order valence-electron chi connectivity index (χ2n) is 3.35. The van der Waals surface area contributed by atoms with Gasteiger partial charge in [0.2, 0.25) is 0 Å². The van der Waals surface area contributed by atoms with Crippen molar-refractivity contribution in [2.24, 2.45) is 0 Å². The highest BCUT2D eigenvalue weighted by Crippen LogP contribution is 2.30. The molecule has 1 heterocycles. The van der Waals surface area contributed by atoms with Crippen LogP contribution in [0, 0.1) is 0 Å². The van der Waals surface area contributed by atoms with E-state index in [1.807, 2.05) is 0 Å². The Hall–Kier alpha value is -0.690. The summed E-state index contributed by atoms with van der Waals surface area (Å²) in [5.74, 6) is -1.11. The van der Waals surface area contributed by atoms with Crippen molar-refractivity contribution in [3.05, 3.63) is 0 Å². The fraction of sp³-hybridized carbons (Fsp3) is 0.778. The minimum atomic E-state index is -1.48. The number of esters is 2. The average molecular weight is 299 g/mol. The van der Waals surface area contributed by atoms with Crippen LogP contribution in [-0.2, 0) is 23.8 Å². The van der Waals surface area contributed by atoms with Crippen LogP contribution in [-0.4, -0.2) is 41.9 Å². The van der Waals surface area contributed by atoms with Crippen LogP contribution in [0.15, 0.2) is 0 Å². The first-order valence-corrected chi connectivity index (χ1v) is 5.57. The lowest BCUT2D eigenvalue weighted by molar-refractivity contribution is -0.155. The largest absolute Gasteiger partial charge is 0.463 e. The normalized spacial score (nSPS) is 33.5. The number of ether oxygens (including phenoxy) is 3. The van der Waals surface area contributed by atoms with E-state index in [1.54, 1.807) is 0 Å². The van der Waals surface area contributed by atoms with Crippen molar-refractivity contribution in [2.45, 2.75) is 37.2 Å². The van der Waals surface area contributed by atoms with Crippen LogP contribution in [0.2, 0.25) is 0 Å². The third-order valence-electron chi connectivity index (χ3n) is 1.99. The smallest absolute Gasteiger partial charge is 0.303 e. The van der Waals surface area contributed by atoms with E-state index in [-0.39, 0.29) is 6.61 Å². The van der Waals surface area contributed by atoms with Gasteiger partial charge in [0.05, 0.1) is 0 Å². The summed E-state index contributed by atoms with van der Waals surface area (Å²) in [6.07, 6.45) is -3.32. The molecular weight excluding hydrogens is 287 g/mol. The zero-order valence-corrected chi connectivity index (χ0v) is 10.4. The summed E-state index contributed by atoms with van der Waals surface area (Å²) >= 11 is 2.95. The molecule has 4 atom stereocenters. The molecule has 1 aliphatic rings. The molecule has 92 valence electrons. The van der Waals surface area contributed by atoms with Crippen molar-refractivity contribution in [3.63, 3.8) is 0 Å². The Balaban J connectivity index is 2.59. The van der Waals surface area contributed by atoms with Gasteiger partial charge in [-0.05, 0) is 0 Å². The van der Waals surface area contributed by atoms with Gasteiger partial charge in [0.25, 0.3) is 0 Å². The molecule has 0 aromatic heterocycles. The maximum Gasteiger partial charge on any atom is 0.303 e. The lowest BCUT2D eigenvalue weighted by atomic mass is 10.2. The fourth-order valence-electron chi connectivity index (χ4n) is 1.34. The molecule has 1 aliphatic heterocycles. The van der Waals surface area contributed by atoms with Gasteiger partial charge >= 0.3 is 11.9 Å². The second kappa shape index (κ2) is 5.58. The molecule has 0 saturated carbocycles. The van der Waals surface area contributed by atoms with Crippen molar-refractivity contribution in [1.29, 1.82) is 0 Å². The van der Waals surface area contributed by atoms with Gasteiger partial charge in [-0.2, -0.15) is 0 Å². The van der Waals surface area contributed by atoms with Crippen LogP contribution in [0.3, 0.4) is 0 Å². The van der Waals surface area contributed by atoms with E-state index in [1.165, 1.54) is 13.8 Å². The molecule has 0 bridgehead atoms. The highest BCUT2D eigenvalue weighted by Gasteiger charge is 2.46. The summed E-state index contributed by atoms with van der Waals surface area (Å²) in [5, 5.41) is -0.864. The number of hydrogen-bond acceptors (Lipinski definition) is 5. The third kappa shape index (κ3) is 3.41. The Morgan fingerprint density at radius 3 is 2.50 bits per heavy atom. The van der Waals surface area contributed by atoms with Crippen molar-refractivity contribution in [1.82, 2.24) is 0 Å². The minimum absolute atomic E-state index is 0.143. The van der Waals surface area contributed by atoms with E-state index in [0.717, 1.165) is 0 Å². The monoisotopic (exact) mass is 298 g/mol. The van der Waals surface area contributed by atoms with Crippen LogP contribution >= 0.6 is 15.9 Å². The van der Waals surface area contributed by atoms with Gasteiger partial charge in [-0.1, -0.05) is 15.9 Å². The molecule has 7 heteroatoms. The lowest BCUT2D eigenvalue weighted by Crippen LogP contribution is -2.36. The SMILES string of the molecule is CC(=O)OC[C@H]1OC(Br)[C@@H](F)[C@H]1OC(C)=O. The molecular formula is C9H12BrFO5. The van der Waals surface area contributed by atoms with E-state index in [2.05, 4.69) is 15.9 Å². The number of rotatable bonds is 3. The summed E-state index contributed by atoms with van der Waals surface area (Å²) in [6.45, 7) is 2.27. The number of alkyl halides is 2. The van der Waals surface area contributed by atoms with Gasteiger partial charge < -0.3 is 14.2 Å². The summed E-state index contributed by atoms with van der Waals surface area (Å²) in [4.78, 5) is 21.4. The first kappa shape index (κ1) is 13.4. The Morgan fingerprint density at radius 1 is 1.38 bits per heavy atom. The maximum atomic E-state index is 13.5. The summed E-state index contributed by atoms with van der Waals surface area (Å²) in [7, 11) is 0.